The Labute approximate surface area is 189 Å². The summed E-state index contributed by atoms with van der Waals surface area (Å²) >= 11 is 0. The maximum atomic E-state index is 13.1. The van der Waals surface area contributed by atoms with Gasteiger partial charge in [0.05, 0.1) is 26.9 Å². The second-order valence-electron chi connectivity index (χ2n) is 8.53. The van der Waals surface area contributed by atoms with E-state index in [1.165, 1.54) is 28.6 Å². The number of aromatic nitrogens is 2. The molecule has 2 heterocycles. The fourth-order valence-corrected chi connectivity index (χ4v) is 6.68. The Morgan fingerprint density at radius 1 is 0.969 bits per heavy atom. The molecule has 4 rings (SSSR count). The zero-order chi connectivity index (χ0) is 22.9. The summed E-state index contributed by atoms with van der Waals surface area (Å²) < 4.78 is 55.9. The van der Waals surface area contributed by atoms with Crippen LogP contribution in [0, 0.1) is 5.92 Å². The van der Waals surface area contributed by atoms with E-state index in [2.05, 4.69) is 14.7 Å². The molecule has 172 valence electrons. The van der Waals surface area contributed by atoms with E-state index < -0.39 is 26.1 Å². The van der Waals surface area contributed by atoms with Gasteiger partial charge in [-0.1, -0.05) is 26.0 Å². The Hall–Kier alpha value is -2.27. The van der Waals surface area contributed by atoms with E-state index in [9.17, 15) is 16.8 Å². The molecule has 0 spiro atoms. The molecule has 0 aliphatic carbocycles. The van der Waals surface area contributed by atoms with Crippen LogP contribution >= 0.6 is 0 Å². The predicted octanol–water partition coefficient (Wildman–Crippen LogP) is 3.41. The molecule has 10 heteroatoms. The molecular formula is C22H28N4O4S2. The number of para-hydroxylation sites is 2. The maximum Gasteiger partial charge on any atom is 0.243 e. The number of nitrogens with one attached hydrogen (secondary N) is 2. The maximum absolute atomic E-state index is 13.1. The van der Waals surface area contributed by atoms with E-state index in [1.54, 1.807) is 0 Å². The van der Waals surface area contributed by atoms with Crippen molar-refractivity contribution in [2.45, 2.75) is 48.9 Å². The average Bonchev–Trinajstić information content (AvgIpc) is 3.43. The fourth-order valence-electron chi connectivity index (χ4n) is 3.95. The van der Waals surface area contributed by atoms with E-state index in [4.69, 9.17) is 0 Å². The van der Waals surface area contributed by atoms with Gasteiger partial charge in [-0.3, -0.25) is 0 Å². The Kier molecular flexibility index (Phi) is 6.39. The highest BCUT2D eigenvalue weighted by Gasteiger charge is 2.29. The van der Waals surface area contributed by atoms with Crippen molar-refractivity contribution in [1.82, 2.24) is 19.0 Å². The third-order valence-corrected chi connectivity index (χ3v) is 8.98. The number of sulfonamides is 2. The minimum atomic E-state index is -3.89. The Morgan fingerprint density at radius 2 is 1.59 bits per heavy atom. The van der Waals surface area contributed by atoms with Gasteiger partial charge in [0.25, 0.3) is 0 Å². The van der Waals surface area contributed by atoms with Crippen molar-refractivity contribution in [3.05, 3.63) is 54.4 Å². The monoisotopic (exact) mass is 476 g/mol. The molecule has 2 N–H and O–H groups in total. The van der Waals surface area contributed by atoms with Crippen molar-refractivity contribution < 1.29 is 16.8 Å². The highest BCUT2D eigenvalue weighted by atomic mass is 32.2. The van der Waals surface area contributed by atoms with Crippen LogP contribution in [-0.4, -0.2) is 44.2 Å². The SMILES string of the molecule is CC(C)C[C@H](NS(=O)(=O)c1ccc(S(=O)(=O)N2CCCC2)cc1)c1nc2ccccc2[nH]1. The topological polar surface area (TPSA) is 112 Å². The van der Waals surface area contributed by atoms with Crippen LogP contribution in [0.2, 0.25) is 0 Å². The third kappa shape index (κ3) is 4.73. The lowest BCUT2D eigenvalue weighted by atomic mass is 10.0. The Morgan fingerprint density at radius 3 is 2.22 bits per heavy atom. The summed E-state index contributed by atoms with van der Waals surface area (Å²) in [5.74, 6) is 0.778. The van der Waals surface area contributed by atoms with Crippen LogP contribution in [0.1, 0.15) is 45.0 Å². The molecule has 2 aromatic carbocycles. The second kappa shape index (κ2) is 8.93. The van der Waals surface area contributed by atoms with Gasteiger partial charge in [0.15, 0.2) is 0 Å². The molecule has 0 bridgehead atoms. The van der Waals surface area contributed by atoms with Crippen molar-refractivity contribution in [3.63, 3.8) is 0 Å². The molecule has 0 radical (unpaired) electrons. The lowest BCUT2D eigenvalue weighted by Gasteiger charge is -2.19. The fraction of sp³-hybridized carbons (Fsp3) is 0.409. The van der Waals surface area contributed by atoms with E-state index in [-0.39, 0.29) is 15.7 Å². The number of aromatic amines is 1. The second-order valence-corrected chi connectivity index (χ2v) is 12.2. The lowest BCUT2D eigenvalue weighted by Crippen LogP contribution is -2.30. The molecule has 32 heavy (non-hydrogen) atoms. The number of benzene rings is 2. The highest BCUT2D eigenvalue weighted by Crippen LogP contribution is 2.26. The molecule has 1 atom stereocenters. The quantitative estimate of drug-likeness (QED) is 0.517. The molecule has 1 aliphatic rings. The van der Waals surface area contributed by atoms with E-state index in [0.29, 0.717) is 25.3 Å². The van der Waals surface area contributed by atoms with Crippen LogP contribution in [0.4, 0.5) is 0 Å². The highest BCUT2D eigenvalue weighted by molar-refractivity contribution is 7.89. The zero-order valence-electron chi connectivity index (χ0n) is 18.2. The molecule has 3 aromatic rings. The first-order valence-corrected chi connectivity index (χ1v) is 13.7. The smallest absolute Gasteiger partial charge is 0.243 e. The van der Waals surface area contributed by atoms with Crippen LogP contribution in [-0.2, 0) is 20.0 Å². The first-order chi connectivity index (χ1) is 15.2. The van der Waals surface area contributed by atoms with Gasteiger partial charge >= 0.3 is 0 Å². The summed E-state index contributed by atoms with van der Waals surface area (Å²) in [5, 5.41) is 0. The average molecular weight is 477 g/mol. The van der Waals surface area contributed by atoms with Crippen molar-refractivity contribution in [2.24, 2.45) is 5.92 Å². The normalized spacial score (nSPS) is 16.7. The summed E-state index contributed by atoms with van der Waals surface area (Å²) in [6, 6.07) is 12.4. The van der Waals surface area contributed by atoms with Crippen molar-refractivity contribution in [2.75, 3.05) is 13.1 Å². The summed E-state index contributed by atoms with van der Waals surface area (Å²) in [6.45, 7) is 5.03. The first-order valence-electron chi connectivity index (χ1n) is 10.7. The number of imidazole rings is 1. The van der Waals surface area contributed by atoms with E-state index in [0.717, 1.165) is 23.9 Å². The van der Waals surface area contributed by atoms with Crippen LogP contribution in [0.15, 0.2) is 58.3 Å². The van der Waals surface area contributed by atoms with Gasteiger partial charge < -0.3 is 4.98 Å². The van der Waals surface area contributed by atoms with Gasteiger partial charge in [0.1, 0.15) is 5.82 Å². The number of hydrogen-bond acceptors (Lipinski definition) is 5. The molecule has 1 fully saturated rings. The van der Waals surface area contributed by atoms with Gasteiger partial charge in [0.2, 0.25) is 20.0 Å². The molecule has 8 nitrogen and oxygen atoms in total. The van der Waals surface area contributed by atoms with Crippen LogP contribution in [0.25, 0.3) is 11.0 Å². The molecule has 0 saturated carbocycles. The summed E-state index contributed by atoms with van der Waals surface area (Å²) in [4.78, 5) is 7.90. The number of nitrogens with zero attached hydrogens (tertiary/aromatic N) is 2. The number of fused-ring (bicyclic) bond motifs is 1. The lowest BCUT2D eigenvalue weighted by molar-refractivity contribution is 0.459. The summed E-state index contributed by atoms with van der Waals surface area (Å²) in [5.41, 5.74) is 1.61. The van der Waals surface area contributed by atoms with Crippen molar-refractivity contribution in [3.8, 4) is 0 Å². The molecule has 0 unspecified atom stereocenters. The van der Waals surface area contributed by atoms with Gasteiger partial charge in [-0.2, -0.15) is 4.31 Å². The van der Waals surface area contributed by atoms with Gasteiger partial charge in [-0.15, -0.1) is 0 Å². The number of hydrogen-bond donors (Lipinski definition) is 2. The van der Waals surface area contributed by atoms with Crippen LogP contribution in [0.5, 0.6) is 0 Å². The first kappa shape index (κ1) is 22.9. The molecule has 1 aromatic heterocycles. The van der Waals surface area contributed by atoms with E-state index in [1.807, 2.05) is 38.1 Å². The number of H-pyrrole nitrogens is 1. The standard InChI is InChI=1S/C22H28N4O4S2/c1-16(2)15-21(22-23-19-7-3-4-8-20(19)24-22)25-31(27,28)17-9-11-18(12-10-17)32(29,30)26-13-5-6-14-26/h3-4,7-12,16,21,25H,5-6,13-15H2,1-2H3,(H,23,24)/t21-/m0/s1. The third-order valence-electron chi connectivity index (χ3n) is 5.58. The van der Waals surface area contributed by atoms with Gasteiger partial charge in [-0.05, 0) is 61.6 Å². The van der Waals surface area contributed by atoms with Crippen LogP contribution in [0.3, 0.4) is 0 Å². The largest absolute Gasteiger partial charge is 0.341 e. The zero-order valence-corrected chi connectivity index (χ0v) is 19.8. The molecule has 1 saturated heterocycles. The Balaban J connectivity index is 1.59. The van der Waals surface area contributed by atoms with Crippen molar-refractivity contribution >= 4 is 31.1 Å². The Bertz CT molecular complexity index is 1260. The van der Waals surface area contributed by atoms with Gasteiger partial charge in [0, 0.05) is 13.1 Å². The van der Waals surface area contributed by atoms with Crippen LogP contribution < -0.4 is 4.72 Å². The van der Waals surface area contributed by atoms with E-state index >= 15 is 0 Å². The summed E-state index contributed by atoms with van der Waals surface area (Å²) in [7, 11) is -7.49. The van der Waals surface area contributed by atoms with Gasteiger partial charge in [-0.25, -0.2) is 26.5 Å². The predicted molar refractivity (Wildman–Crippen MR) is 123 cm³/mol. The summed E-state index contributed by atoms with van der Waals surface area (Å²) in [6.07, 6.45) is 2.24. The van der Waals surface area contributed by atoms with Crippen molar-refractivity contribution in [1.29, 1.82) is 0 Å². The minimum Gasteiger partial charge on any atom is -0.341 e. The number of rotatable bonds is 8. The minimum absolute atomic E-state index is 0.0164. The molecule has 0 amide bonds. The molecule has 1 aliphatic heterocycles. The molecular weight excluding hydrogens is 448 g/mol.